The molecule has 6 heteroatoms. The number of nitrogens with zero attached hydrogens (tertiary/aromatic N) is 4. The maximum Gasteiger partial charge on any atom is 0.165 e. The van der Waals surface area contributed by atoms with Gasteiger partial charge in [-0.1, -0.05) is 53.0 Å². The summed E-state index contributed by atoms with van der Waals surface area (Å²) in [7, 11) is 1.83. The van der Waals surface area contributed by atoms with Crippen LogP contribution in [-0.4, -0.2) is 19.7 Å². The van der Waals surface area contributed by atoms with Gasteiger partial charge in [-0.2, -0.15) is 5.10 Å². The fourth-order valence-corrected chi connectivity index (χ4v) is 2.72. The highest BCUT2D eigenvalue weighted by atomic mass is 35.5. The molecule has 2 heterocycles. The molecule has 2 aromatic heterocycles. The lowest BCUT2D eigenvalue weighted by atomic mass is 10.1. The zero-order valence-corrected chi connectivity index (χ0v) is 13.0. The summed E-state index contributed by atoms with van der Waals surface area (Å²) < 4.78 is 1.68. The number of aromatic nitrogens is 4. The molecule has 21 heavy (non-hydrogen) atoms. The summed E-state index contributed by atoms with van der Waals surface area (Å²) >= 11 is 12.6. The van der Waals surface area contributed by atoms with E-state index in [9.17, 15) is 0 Å². The molecule has 0 saturated carbocycles. The van der Waals surface area contributed by atoms with Gasteiger partial charge in [0.25, 0.3) is 0 Å². The van der Waals surface area contributed by atoms with Crippen LogP contribution >= 0.6 is 23.2 Å². The van der Waals surface area contributed by atoms with Gasteiger partial charge in [0.05, 0.1) is 17.3 Å². The largest absolute Gasteiger partial charge is 0.275 e. The van der Waals surface area contributed by atoms with Gasteiger partial charge in [0.15, 0.2) is 5.82 Å². The second kappa shape index (κ2) is 5.47. The summed E-state index contributed by atoms with van der Waals surface area (Å²) in [6.07, 6.45) is 3.49. The number of halogens is 2. The Morgan fingerprint density at radius 3 is 2.33 bits per heavy atom. The number of aryl methyl sites for hydroxylation is 2. The average molecular weight is 319 g/mol. The summed E-state index contributed by atoms with van der Waals surface area (Å²) in [6, 6.07) is 7.90. The van der Waals surface area contributed by atoms with Gasteiger partial charge in [-0.05, 0) is 12.5 Å². The molecule has 0 bridgehead atoms. The van der Waals surface area contributed by atoms with E-state index in [1.54, 1.807) is 10.9 Å². The van der Waals surface area contributed by atoms with Crippen LogP contribution in [0.15, 0.2) is 36.7 Å². The molecule has 0 radical (unpaired) electrons. The maximum absolute atomic E-state index is 6.32. The molecule has 0 saturated heterocycles. The van der Waals surface area contributed by atoms with Crippen LogP contribution in [-0.2, 0) is 7.05 Å². The van der Waals surface area contributed by atoms with E-state index in [2.05, 4.69) is 15.1 Å². The first kappa shape index (κ1) is 14.0. The SMILES string of the molecule is Cc1cccc(-c2c(Cl)nc(-c3cnn(C)c3)nc2Cl)c1. The van der Waals surface area contributed by atoms with Crippen molar-refractivity contribution in [3.63, 3.8) is 0 Å². The third-order valence-corrected chi connectivity index (χ3v) is 3.64. The molecule has 4 nitrogen and oxygen atoms in total. The van der Waals surface area contributed by atoms with E-state index >= 15 is 0 Å². The van der Waals surface area contributed by atoms with Crippen molar-refractivity contribution in [2.24, 2.45) is 7.05 Å². The zero-order valence-electron chi connectivity index (χ0n) is 11.5. The smallest absolute Gasteiger partial charge is 0.165 e. The standard InChI is InChI=1S/C15H12Cl2N4/c1-9-4-3-5-10(6-9)12-13(16)19-15(20-14(12)17)11-7-18-21(2)8-11/h3-8H,1-2H3. The zero-order chi connectivity index (χ0) is 15.0. The van der Waals surface area contributed by atoms with Crippen molar-refractivity contribution in [2.75, 3.05) is 0 Å². The molecule has 1 aromatic carbocycles. The van der Waals surface area contributed by atoms with E-state index in [1.807, 2.05) is 44.4 Å². The predicted molar refractivity (Wildman–Crippen MR) is 84.4 cm³/mol. The molecule has 0 aliphatic heterocycles. The highest BCUT2D eigenvalue weighted by molar-refractivity contribution is 6.37. The molecule has 0 aliphatic carbocycles. The molecule has 0 amide bonds. The van der Waals surface area contributed by atoms with Crippen LogP contribution in [0.5, 0.6) is 0 Å². The minimum Gasteiger partial charge on any atom is -0.275 e. The van der Waals surface area contributed by atoms with E-state index in [-0.39, 0.29) is 0 Å². The fourth-order valence-electron chi connectivity index (χ4n) is 2.11. The lowest BCUT2D eigenvalue weighted by Crippen LogP contribution is -1.94. The van der Waals surface area contributed by atoms with Crippen molar-refractivity contribution >= 4 is 23.2 Å². The number of benzene rings is 1. The van der Waals surface area contributed by atoms with E-state index in [1.165, 1.54) is 0 Å². The van der Waals surface area contributed by atoms with E-state index in [0.717, 1.165) is 16.7 Å². The highest BCUT2D eigenvalue weighted by Gasteiger charge is 2.15. The molecule has 0 fully saturated rings. The first-order chi connectivity index (χ1) is 10.0. The van der Waals surface area contributed by atoms with Crippen molar-refractivity contribution < 1.29 is 0 Å². The van der Waals surface area contributed by atoms with E-state index < -0.39 is 0 Å². The maximum atomic E-state index is 6.32. The van der Waals surface area contributed by atoms with Crippen molar-refractivity contribution in [3.8, 4) is 22.5 Å². The van der Waals surface area contributed by atoms with Gasteiger partial charge in [-0.15, -0.1) is 0 Å². The first-order valence-electron chi connectivity index (χ1n) is 6.33. The second-order valence-electron chi connectivity index (χ2n) is 4.78. The Balaban J connectivity index is 2.12. The van der Waals surface area contributed by atoms with Crippen LogP contribution in [0.1, 0.15) is 5.56 Å². The van der Waals surface area contributed by atoms with Gasteiger partial charge in [0.2, 0.25) is 0 Å². The summed E-state index contributed by atoms with van der Waals surface area (Å²) in [4.78, 5) is 8.68. The Morgan fingerprint density at radius 1 is 1.05 bits per heavy atom. The van der Waals surface area contributed by atoms with E-state index in [0.29, 0.717) is 21.7 Å². The number of hydrogen-bond donors (Lipinski definition) is 0. The van der Waals surface area contributed by atoms with Crippen LogP contribution in [0.2, 0.25) is 10.3 Å². The minimum absolute atomic E-state index is 0.333. The molecule has 3 aromatic rings. The number of hydrogen-bond acceptors (Lipinski definition) is 3. The first-order valence-corrected chi connectivity index (χ1v) is 7.09. The summed E-state index contributed by atoms with van der Waals surface area (Å²) in [5.41, 5.74) is 3.45. The monoisotopic (exact) mass is 318 g/mol. The molecule has 0 spiro atoms. The van der Waals surface area contributed by atoms with Gasteiger partial charge >= 0.3 is 0 Å². The third-order valence-electron chi connectivity index (χ3n) is 3.09. The van der Waals surface area contributed by atoms with Gasteiger partial charge < -0.3 is 0 Å². The number of rotatable bonds is 2. The molecule has 106 valence electrons. The van der Waals surface area contributed by atoms with Crippen LogP contribution in [0.3, 0.4) is 0 Å². The van der Waals surface area contributed by atoms with Crippen LogP contribution in [0.25, 0.3) is 22.5 Å². The van der Waals surface area contributed by atoms with Crippen LogP contribution in [0, 0.1) is 6.92 Å². The molecule has 0 atom stereocenters. The Morgan fingerprint density at radius 2 is 1.76 bits per heavy atom. The molecule has 3 rings (SSSR count). The lowest BCUT2D eigenvalue weighted by Gasteiger charge is -2.08. The van der Waals surface area contributed by atoms with Gasteiger partial charge in [-0.3, -0.25) is 4.68 Å². The normalized spacial score (nSPS) is 10.9. The van der Waals surface area contributed by atoms with Crippen molar-refractivity contribution in [2.45, 2.75) is 6.92 Å². The molecule has 0 N–H and O–H groups in total. The second-order valence-corrected chi connectivity index (χ2v) is 5.49. The van der Waals surface area contributed by atoms with Gasteiger partial charge in [0, 0.05) is 13.2 Å². The predicted octanol–water partition coefficient (Wildman–Crippen LogP) is 4.16. The lowest BCUT2D eigenvalue weighted by molar-refractivity contribution is 0.768. The van der Waals surface area contributed by atoms with Crippen LogP contribution < -0.4 is 0 Å². The van der Waals surface area contributed by atoms with Crippen molar-refractivity contribution in [3.05, 3.63) is 52.5 Å². The third kappa shape index (κ3) is 2.77. The summed E-state index contributed by atoms with van der Waals surface area (Å²) in [5.74, 6) is 0.467. The topological polar surface area (TPSA) is 43.6 Å². The van der Waals surface area contributed by atoms with Crippen molar-refractivity contribution in [1.82, 2.24) is 19.7 Å². The summed E-state index contributed by atoms with van der Waals surface area (Å²) in [5, 5.41) is 4.76. The molecular weight excluding hydrogens is 307 g/mol. The molecule has 0 unspecified atom stereocenters. The Hall–Kier alpha value is -1.91. The van der Waals surface area contributed by atoms with Crippen molar-refractivity contribution in [1.29, 1.82) is 0 Å². The minimum atomic E-state index is 0.333. The molecule has 0 aliphatic rings. The highest BCUT2D eigenvalue weighted by Crippen LogP contribution is 2.34. The van der Waals surface area contributed by atoms with Crippen LogP contribution in [0.4, 0.5) is 0 Å². The average Bonchev–Trinajstić information content (AvgIpc) is 2.85. The molecular formula is C15H12Cl2N4. The van der Waals surface area contributed by atoms with Gasteiger partial charge in [0.1, 0.15) is 10.3 Å². The summed E-state index contributed by atoms with van der Waals surface area (Å²) in [6.45, 7) is 2.01. The Bertz CT molecular complexity index is 788. The Labute approximate surface area is 132 Å². The fraction of sp³-hybridized carbons (Fsp3) is 0.133. The Kier molecular flexibility index (Phi) is 3.66. The quantitative estimate of drug-likeness (QED) is 0.666. The van der Waals surface area contributed by atoms with E-state index in [4.69, 9.17) is 23.2 Å². The van der Waals surface area contributed by atoms with Gasteiger partial charge in [-0.25, -0.2) is 9.97 Å².